The van der Waals surface area contributed by atoms with Crippen molar-refractivity contribution in [2.45, 2.75) is 46.7 Å². The number of hydrogen-bond donors (Lipinski definition) is 1. The average molecular weight is 504 g/mol. The van der Waals surface area contributed by atoms with Crippen LogP contribution < -0.4 is 14.4 Å². The molecule has 0 fully saturated rings. The summed E-state index contributed by atoms with van der Waals surface area (Å²) in [5.41, 5.74) is 2.05. The van der Waals surface area contributed by atoms with Crippen LogP contribution in [0.4, 0.5) is 5.69 Å². The normalized spacial score (nSPS) is 12.2. The Labute approximate surface area is 209 Å². The monoisotopic (exact) mass is 503 g/mol. The second-order valence-electron chi connectivity index (χ2n) is 9.04. The molecule has 0 aromatic heterocycles. The fourth-order valence-electron chi connectivity index (χ4n) is 3.71. The summed E-state index contributed by atoms with van der Waals surface area (Å²) >= 11 is 0. The van der Waals surface area contributed by atoms with Gasteiger partial charge in [-0.05, 0) is 54.7 Å². The van der Waals surface area contributed by atoms with Crippen molar-refractivity contribution in [2.75, 3.05) is 30.8 Å². The van der Waals surface area contributed by atoms with E-state index in [0.29, 0.717) is 24.4 Å². The zero-order chi connectivity index (χ0) is 26.2. The van der Waals surface area contributed by atoms with Crippen molar-refractivity contribution in [3.8, 4) is 5.75 Å². The molecule has 0 heterocycles. The third kappa shape index (κ3) is 8.28. The predicted octanol–water partition coefficient (Wildman–Crippen LogP) is 3.35. The largest absolute Gasteiger partial charge is 0.497 e. The van der Waals surface area contributed by atoms with Crippen molar-refractivity contribution in [3.63, 3.8) is 0 Å². The van der Waals surface area contributed by atoms with E-state index in [-0.39, 0.29) is 18.4 Å². The number of rotatable bonds is 12. The van der Waals surface area contributed by atoms with Gasteiger partial charge in [-0.15, -0.1) is 0 Å². The number of benzene rings is 2. The lowest BCUT2D eigenvalue weighted by atomic mass is 10.1. The summed E-state index contributed by atoms with van der Waals surface area (Å²) in [5.74, 6) is 0.149. The third-order valence-electron chi connectivity index (χ3n) is 5.53. The van der Waals surface area contributed by atoms with Gasteiger partial charge in [-0.25, -0.2) is 8.42 Å². The standard InChI is InChI=1S/C26H37N3O5S/c1-7-24(26(31)27-16-19(2)3)28(17-21-11-9-13-23(15-21)34-5)25(30)18-29(35(6,32)33)22-12-8-10-20(4)14-22/h8-15,19,24H,7,16-18H2,1-6H3,(H,27,31). The summed E-state index contributed by atoms with van der Waals surface area (Å²) in [6, 6.07) is 13.5. The SMILES string of the molecule is CCC(C(=O)NCC(C)C)N(Cc1cccc(OC)c1)C(=O)CN(c1cccc(C)c1)S(C)(=O)=O. The molecular formula is C26H37N3O5S. The van der Waals surface area contributed by atoms with Gasteiger partial charge in [0.25, 0.3) is 0 Å². The van der Waals surface area contributed by atoms with Crippen LogP contribution in [-0.2, 0) is 26.2 Å². The van der Waals surface area contributed by atoms with E-state index in [1.165, 1.54) is 4.90 Å². The first-order valence-electron chi connectivity index (χ1n) is 11.7. The van der Waals surface area contributed by atoms with E-state index in [1.54, 1.807) is 37.4 Å². The summed E-state index contributed by atoms with van der Waals surface area (Å²) in [4.78, 5) is 28.2. The minimum atomic E-state index is -3.76. The Bertz CT molecular complexity index is 1120. The van der Waals surface area contributed by atoms with E-state index in [1.807, 2.05) is 45.9 Å². The number of amides is 2. The lowest BCUT2D eigenvalue weighted by molar-refractivity contribution is -0.140. The van der Waals surface area contributed by atoms with Crippen molar-refractivity contribution < 1.29 is 22.7 Å². The van der Waals surface area contributed by atoms with Crippen molar-refractivity contribution in [2.24, 2.45) is 5.92 Å². The van der Waals surface area contributed by atoms with Crippen LogP contribution in [0.1, 0.15) is 38.3 Å². The Kier molecular flexibility index (Phi) is 10.1. The Morgan fingerprint density at radius 2 is 1.77 bits per heavy atom. The number of methoxy groups -OCH3 is 1. The van der Waals surface area contributed by atoms with Crippen molar-refractivity contribution in [3.05, 3.63) is 59.7 Å². The summed E-state index contributed by atoms with van der Waals surface area (Å²) in [7, 11) is -2.20. The van der Waals surface area contributed by atoms with Gasteiger partial charge in [0.15, 0.2) is 0 Å². The quantitative estimate of drug-likeness (QED) is 0.479. The molecule has 0 radical (unpaired) electrons. The number of nitrogens with zero attached hydrogens (tertiary/aromatic N) is 2. The van der Waals surface area contributed by atoms with E-state index < -0.39 is 28.5 Å². The zero-order valence-electron chi connectivity index (χ0n) is 21.4. The van der Waals surface area contributed by atoms with E-state index >= 15 is 0 Å². The number of nitrogens with one attached hydrogen (secondary N) is 1. The van der Waals surface area contributed by atoms with Crippen LogP contribution in [0.5, 0.6) is 5.75 Å². The highest BCUT2D eigenvalue weighted by Gasteiger charge is 2.31. The van der Waals surface area contributed by atoms with Crippen molar-refractivity contribution in [1.29, 1.82) is 0 Å². The molecule has 0 bridgehead atoms. The van der Waals surface area contributed by atoms with Gasteiger partial charge < -0.3 is 15.0 Å². The van der Waals surface area contributed by atoms with Crippen LogP contribution in [0.3, 0.4) is 0 Å². The van der Waals surface area contributed by atoms with Crippen molar-refractivity contribution in [1.82, 2.24) is 10.2 Å². The first-order valence-corrected chi connectivity index (χ1v) is 13.6. The van der Waals surface area contributed by atoms with Crippen molar-refractivity contribution >= 4 is 27.5 Å². The van der Waals surface area contributed by atoms with Gasteiger partial charge in [0.2, 0.25) is 21.8 Å². The fourth-order valence-corrected chi connectivity index (χ4v) is 4.55. The Hall–Kier alpha value is -3.07. The molecule has 2 aromatic rings. The fraction of sp³-hybridized carbons (Fsp3) is 0.462. The molecule has 0 saturated heterocycles. The molecule has 2 aromatic carbocycles. The summed E-state index contributed by atoms with van der Waals surface area (Å²) < 4.78 is 31.7. The maximum absolute atomic E-state index is 13.7. The molecule has 8 nitrogen and oxygen atoms in total. The van der Waals surface area contributed by atoms with Gasteiger partial charge in [0.05, 0.1) is 19.1 Å². The molecule has 1 unspecified atom stereocenters. The van der Waals surface area contributed by atoms with E-state index in [2.05, 4.69) is 5.32 Å². The molecule has 0 saturated carbocycles. The number of sulfonamides is 1. The third-order valence-corrected chi connectivity index (χ3v) is 6.67. The molecule has 1 N–H and O–H groups in total. The maximum Gasteiger partial charge on any atom is 0.244 e. The van der Waals surface area contributed by atoms with Crippen LogP contribution >= 0.6 is 0 Å². The minimum Gasteiger partial charge on any atom is -0.497 e. The molecular weight excluding hydrogens is 466 g/mol. The first kappa shape index (κ1) is 28.2. The second kappa shape index (κ2) is 12.6. The maximum atomic E-state index is 13.7. The molecule has 192 valence electrons. The number of ether oxygens (including phenoxy) is 1. The van der Waals surface area contributed by atoms with Gasteiger partial charge in [-0.2, -0.15) is 0 Å². The first-order chi connectivity index (χ1) is 16.5. The molecule has 2 amide bonds. The Morgan fingerprint density at radius 3 is 2.34 bits per heavy atom. The number of aryl methyl sites for hydroxylation is 1. The molecule has 0 aliphatic heterocycles. The lowest BCUT2D eigenvalue weighted by Gasteiger charge is -2.33. The van der Waals surface area contributed by atoms with Gasteiger partial charge in [0, 0.05) is 13.1 Å². The summed E-state index contributed by atoms with van der Waals surface area (Å²) in [5, 5.41) is 2.91. The molecule has 0 aliphatic rings. The van der Waals surface area contributed by atoms with Gasteiger partial charge in [0.1, 0.15) is 18.3 Å². The lowest BCUT2D eigenvalue weighted by Crippen LogP contribution is -2.52. The van der Waals surface area contributed by atoms with E-state index in [9.17, 15) is 18.0 Å². The molecule has 2 rings (SSSR count). The smallest absolute Gasteiger partial charge is 0.244 e. The van der Waals surface area contributed by atoms with Crippen LogP contribution in [0.2, 0.25) is 0 Å². The Morgan fingerprint density at radius 1 is 1.09 bits per heavy atom. The molecule has 1 atom stereocenters. The number of carbonyl (C=O) groups is 2. The highest BCUT2D eigenvalue weighted by Crippen LogP contribution is 2.21. The molecule has 0 spiro atoms. The van der Waals surface area contributed by atoms with Gasteiger partial charge in [-0.3, -0.25) is 13.9 Å². The molecule has 9 heteroatoms. The predicted molar refractivity (Wildman–Crippen MR) is 139 cm³/mol. The Balaban J connectivity index is 2.44. The average Bonchev–Trinajstić information content (AvgIpc) is 2.80. The van der Waals surface area contributed by atoms with Gasteiger partial charge >= 0.3 is 0 Å². The highest BCUT2D eigenvalue weighted by molar-refractivity contribution is 7.92. The van der Waals surface area contributed by atoms with Gasteiger partial charge in [-0.1, -0.05) is 45.0 Å². The highest BCUT2D eigenvalue weighted by atomic mass is 32.2. The molecule has 35 heavy (non-hydrogen) atoms. The number of carbonyl (C=O) groups excluding carboxylic acids is 2. The zero-order valence-corrected chi connectivity index (χ0v) is 22.3. The van der Waals surface area contributed by atoms with E-state index in [0.717, 1.165) is 21.7 Å². The number of hydrogen-bond acceptors (Lipinski definition) is 5. The van der Waals surface area contributed by atoms with Crippen LogP contribution in [0.15, 0.2) is 48.5 Å². The van der Waals surface area contributed by atoms with E-state index in [4.69, 9.17) is 4.74 Å². The van der Waals surface area contributed by atoms with Crippen LogP contribution in [0.25, 0.3) is 0 Å². The second-order valence-corrected chi connectivity index (χ2v) is 11.0. The summed E-state index contributed by atoms with van der Waals surface area (Å²) in [6.45, 7) is 7.87. The molecule has 0 aliphatic carbocycles. The van der Waals surface area contributed by atoms with Crippen LogP contribution in [-0.4, -0.2) is 57.6 Å². The minimum absolute atomic E-state index is 0.134. The topological polar surface area (TPSA) is 96.0 Å². The van der Waals surface area contributed by atoms with Crippen LogP contribution in [0, 0.1) is 12.8 Å². The summed E-state index contributed by atoms with van der Waals surface area (Å²) in [6.07, 6.45) is 1.45. The number of anilines is 1.